The molecule has 0 radical (unpaired) electrons. The van der Waals surface area contributed by atoms with E-state index in [1.807, 2.05) is 0 Å². The first-order valence-corrected chi connectivity index (χ1v) is 20.8. The van der Waals surface area contributed by atoms with E-state index in [0.29, 0.717) is 17.4 Å². The SMILES string of the molecule is N=C1N(CCCC[C@H]2CN=C(N)N2CCC23CC4CC(CC(C4)C2)C3)C[C@@H](Cc2ccc3ccccc3c2)N1CCc1ccc(-c2ccccc2)cc1. The minimum Gasteiger partial charge on any atom is -0.370 e. The molecule has 1 saturated heterocycles. The van der Waals surface area contributed by atoms with Crippen LogP contribution in [0.5, 0.6) is 0 Å². The summed E-state index contributed by atoms with van der Waals surface area (Å²) in [7, 11) is 0. The van der Waals surface area contributed by atoms with Crippen LogP contribution < -0.4 is 5.73 Å². The summed E-state index contributed by atoms with van der Waals surface area (Å²) in [5.74, 6) is 4.48. The van der Waals surface area contributed by atoms with Gasteiger partial charge in [-0.15, -0.1) is 0 Å². The van der Waals surface area contributed by atoms with Gasteiger partial charge in [0, 0.05) is 26.2 Å². The Morgan fingerprint density at radius 2 is 1.36 bits per heavy atom. The number of fused-ring (bicyclic) bond motifs is 1. The molecular formula is C47H58N6. The summed E-state index contributed by atoms with van der Waals surface area (Å²) in [5.41, 5.74) is 12.3. The Labute approximate surface area is 317 Å². The highest BCUT2D eigenvalue weighted by Gasteiger charge is 2.50. The van der Waals surface area contributed by atoms with Crippen molar-refractivity contribution in [2.24, 2.45) is 33.9 Å². The van der Waals surface area contributed by atoms with Crippen molar-refractivity contribution in [2.45, 2.75) is 89.1 Å². The highest BCUT2D eigenvalue weighted by Crippen LogP contribution is 2.61. The van der Waals surface area contributed by atoms with Gasteiger partial charge in [-0.2, -0.15) is 0 Å². The van der Waals surface area contributed by atoms with Crippen molar-refractivity contribution in [3.63, 3.8) is 0 Å². The van der Waals surface area contributed by atoms with E-state index in [2.05, 4.69) is 112 Å². The van der Waals surface area contributed by atoms with Crippen molar-refractivity contribution in [1.29, 1.82) is 5.41 Å². The van der Waals surface area contributed by atoms with Gasteiger partial charge in [-0.05, 0) is 133 Å². The van der Waals surface area contributed by atoms with Gasteiger partial charge in [0.2, 0.25) is 0 Å². The van der Waals surface area contributed by atoms with Gasteiger partial charge in [-0.3, -0.25) is 10.4 Å². The Balaban J connectivity index is 0.812. The molecule has 4 aliphatic carbocycles. The van der Waals surface area contributed by atoms with Crippen molar-refractivity contribution < 1.29 is 0 Å². The minimum atomic E-state index is 0.287. The van der Waals surface area contributed by atoms with Crippen LogP contribution in [0.1, 0.15) is 75.3 Å². The Hall–Kier alpha value is -4.32. The first-order valence-electron chi connectivity index (χ1n) is 20.8. The fraction of sp³-hybridized carbons (Fsp3) is 0.489. The Morgan fingerprint density at radius 1 is 0.679 bits per heavy atom. The quantitative estimate of drug-likeness (QED) is 0.129. The van der Waals surface area contributed by atoms with Gasteiger partial charge >= 0.3 is 0 Å². The van der Waals surface area contributed by atoms with Crippen molar-refractivity contribution in [3.05, 3.63) is 108 Å². The molecule has 0 aromatic heterocycles. The predicted octanol–water partition coefficient (Wildman–Crippen LogP) is 8.99. The average molecular weight is 707 g/mol. The average Bonchev–Trinajstić information content (AvgIpc) is 3.67. The number of guanidine groups is 2. The Kier molecular flexibility index (Phi) is 9.64. The molecule has 3 N–H and O–H groups in total. The van der Waals surface area contributed by atoms with Gasteiger partial charge in [-0.25, -0.2) is 0 Å². The third-order valence-electron chi connectivity index (χ3n) is 13.9. The molecule has 2 heterocycles. The molecule has 0 amide bonds. The standard InChI is InChI=1S/C47H58N6/c48-45-50-32-43(52(45)23-20-47-29-36-24-37(30-47)26-38(25-36)31-47)12-6-7-21-51-33-44(28-35-15-18-40-10-4-5-11-42(40)27-35)53(46(51)49)22-19-34-13-16-41(17-14-34)39-8-2-1-3-9-39/h1-5,8-11,13-18,27,36-38,43-44,49H,6-7,12,19-26,28-33H2,(H2,48,50)/t36?,37?,38?,43-,44+,47?/m0/s1. The molecule has 6 aliphatic rings. The lowest BCUT2D eigenvalue weighted by Gasteiger charge is -2.57. The summed E-state index contributed by atoms with van der Waals surface area (Å²) in [5, 5.41) is 12.0. The monoisotopic (exact) mass is 706 g/mol. The van der Waals surface area contributed by atoms with Crippen LogP contribution in [0.25, 0.3) is 21.9 Å². The zero-order valence-electron chi connectivity index (χ0n) is 31.5. The van der Waals surface area contributed by atoms with E-state index in [9.17, 15) is 5.41 Å². The van der Waals surface area contributed by atoms with E-state index in [4.69, 9.17) is 10.7 Å². The number of nitrogens with two attached hydrogens (primary N) is 1. The molecule has 6 heteroatoms. The smallest absolute Gasteiger partial charge is 0.194 e. The van der Waals surface area contributed by atoms with Gasteiger partial charge in [0.1, 0.15) is 0 Å². The third kappa shape index (κ3) is 7.43. The maximum absolute atomic E-state index is 9.40. The first-order chi connectivity index (χ1) is 26.0. The van der Waals surface area contributed by atoms with Crippen molar-refractivity contribution >= 4 is 22.7 Å². The van der Waals surface area contributed by atoms with Crippen molar-refractivity contribution in [3.8, 4) is 11.1 Å². The van der Waals surface area contributed by atoms with Crippen LogP contribution in [0.4, 0.5) is 0 Å². The Morgan fingerprint density at radius 3 is 2.11 bits per heavy atom. The van der Waals surface area contributed by atoms with Crippen LogP contribution in [0.2, 0.25) is 0 Å². The van der Waals surface area contributed by atoms with E-state index in [1.165, 1.54) is 78.0 Å². The molecule has 4 aromatic rings. The van der Waals surface area contributed by atoms with E-state index in [0.717, 1.165) is 88.5 Å². The number of hydrogen-bond donors (Lipinski definition) is 2. The summed E-state index contributed by atoms with van der Waals surface area (Å²) >= 11 is 0. The topological polar surface area (TPSA) is 71.9 Å². The molecule has 2 atom stereocenters. The van der Waals surface area contributed by atoms with Crippen molar-refractivity contribution in [2.75, 3.05) is 32.7 Å². The number of nitrogens with one attached hydrogen (secondary N) is 1. The fourth-order valence-electron chi connectivity index (χ4n) is 11.6. The number of benzene rings is 4. The van der Waals surface area contributed by atoms with E-state index in [1.54, 1.807) is 0 Å². The Bertz CT molecular complexity index is 1880. The molecule has 0 unspecified atom stereocenters. The van der Waals surface area contributed by atoms with Crippen LogP contribution in [-0.2, 0) is 12.8 Å². The summed E-state index contributed by atoms with van der Waals surface area (Å²) < 4.78 is 0. The molecule has 4 saturated carbocycles. The highest BCUT2D eigenvalue weighted by molar-refractivity contribution is 5.83. The van der Waals surface area contributed by atoms with Crippen LogP contribution >= 0.6 is 0 Å². The van der Waals surface area contributed by atoms with Gasteiger partial charge in [0.15, 0.2) is 11.9 Å². The molecule has 5 fully saturated rings. The number of nitrogens with zero attached hydrogens (tertiary/aromatic N) is 4. The lowest BCUT2D eigenvalue weighted by Crippen LogP contribution is -2.49. The molecule has 276 valence electrons. The third-order valence-corrected chi connectivity index (χ3v) is 13.9. The molecule has 6 nitrogen and oxygen atoms in total. The minimum absolute atomic E-state index is 0.287. The molecule has 10 rings (SSSR count). The van der Waals surface area contributed by atoms with E-state index < -0.39 is 0 Å². The largest absolute Gasteiger partial charge is 0.370 e. The second-order valence-corrected chi connectivity index (χ2v) is 17.5. The summed E-state index contributed by atoms with van der Waals surface area (Å²) in [4.78, 5) is 12.0. The fourth-order valence-corrected chi connectivity index (χ4v) is 11.6. The molecule has 53 heavy (non-hydrogen) atoms. The normalized spacial score (nSPS) is 27.7. The molecule has 4 bridgehead atoms. The second kappa shape index (κ2) is 14.8. The summed E-state index contributed by atoms with van der Waals surface area (Å²) in [6.45, 7) is 4.64. The van der Waals surface area contributed by atoms with E-state index in [-0.39, 0.29) is 6.04 Å². The van der Waals surface area contributed by atoms with Crippen molar-refractivity contribution in [1.82, 2.24) is 14.7 Å². The molecule has 2 aliphatic heterocycles. The van der Waals surface area contributed by atoms with Gasteiger partial charge < -0.3 is 20.4 Å². The first kappa shape index (κ1) is 34.4. The van der Waals surface area contributed by atoms with Crippen LogP contribution in [-0.4, -0.2) is 71.4 Å². The van der Waals surface area contributed by atoms with Crippen LogP contribution in [0, 0.1) is 28.6 Å². The molecule has 4 aromatic carbocycles. The number of aliphatic imine (C=N–C) groups is 1. The zero-order valence-corrected chi connectivity index (χ0v) is 31.5. The summed E-state index contributed by atoms with van der Waals surface area (Å²) in [6.07, 6.45) is 15.5. The maximum atomic E-state index is 9.40. The maximum Gasteiger partial charge on any atom is 0.194 e. The van der Waals surface area contributed by atoms with Gasteiger partial charge in [-0.1, -0.05) is 97.1 Å². The highest BCUT2D eigenvalue weighted by atomic mass is 15.4. The lowest BCUT2D eigenvalue weighted by molar-refractivity contribution is -0.0597. The number of hydrogen-bond acceptors (Lipinski definition) is 4. The van der Waals surface area contributed by atoms with Gasteiger partial charge in [0.25, 0.3) is 0 Å². The van der Waals surface area contributed by atoms with E-state index >= 15 is 0 Å². The molecule has 0 spiro atoms. The second-order valence-electron chi connectivity index (χ2n) is 17.5. The lowest BCUT2D eigenvalue weighted by atomic mass is 9.49. The van der Waals surface area contributed by atoms with Gasteiger partial charge in [0.05, 0.1) is 18.6 Å². The summed E-state index contributed by atoms with van der Waals surface area (Å²) in [6, 6.07) is 35.9. The zero-order chi connectivity index (χ0) is 35.8. The number of unbranched alkanes of at least 4 members (excludes halogenated alkanes) is 1. The predicted molar refractivity (Wildman–Crippen MR) is 219 cm³/mol. The molecular weight excluding hydrogens is 649 g/mol. The number of rotatable bonds is 14. The van der Waals surface area contributed by atoms with Crippen LogP contribution in [0.15, 0.2) is 102 Å². The van der Waals surface area contributed by atoms with Crippen LogP contribution in [0.3, 0.4) is 0 Å².